The van der Waals surface area contributed by atoms with Crippen LogP contribution in [0.15, 0.2) is 29.3 Å². The second kappa shape index (κ2) is 31.3. The third-order valence-electron chi connectivity index (χ3n) is 8.06. The summed E-state index contributed by atoms with van der Waals surface area (Å²) in [6.45, 7) is 5.87. The minimum atomic E-state index is -0.0666. The molecular formula is C38H68N2O3S. The molecule has 0 aromatic heterocycles. The number of esters is 1. The fourth-order valence-electron chi connectivity index (χ4n) is 5.26. The Morgan fingerprint density at radius 1 is 0.614 bits per heavy atom. The number of hydrogen-bond donors (Lipinski definition) is 1. The molecule has 0 saturated carbocycles. The predicted molar refractivity (Wildman–Crippen MR) is 194 cm³/mol. The number of unbranched alkanes of at least 4 members (excludes halogenated alkanes) is 19. The van der Waals surface area contributed by atoms with Crippen LogP contribution in [0.5, 0.6) is 5.75 Å². The standard InChI is InChI=1S/C38H68N2O3S/c1-3-5-7-9-11-12-13-14-15-16-17-19-21-23-32-43-38(41)30-34-44-33-24-25-37(39)40-35-26-28-36(29-27-35)42-31-22-20-18-10-8-6-4-2/h26-29H,3-25,30-34H2,1-2H3,(H2,39,40). The van der Waals surface area contributed by atoms with Gasteiger partial charge >= 0.3 is 5.97 Å². The van der Waals surface area contributed by atoms with E-state index < -0.39 is 0 Å². The number of carbonyl (C=O) groups is 1. The van der Waals surface area contributed by atoms with E-state index >= 15 is 0 Å². The zero-order chi connectivity index (χ0) is 31.8. The molecule has 2 N–H and O–H groups in total. The lowest BCUT2D eigenvalue weighted by atomic mass is 10.0. The van der Waals surface area contributed by atoms with E-state index in [1.54, 1.807) is 11.8 Å². The number of nitrogens with two attached hydrogens (primary N) is 1. The first-order valence-corrected chi connectivity index (χ1v) is 19.6. The SMILES string of the molecule is CCCCCCCCCCCCCCCCOC(=O)CCSCCCC(N)=Nc1ccc(OCCCCCCCCC)cc1. The summed E-state index contributed by atoms with van der Waals surface area (Å²) in [7, 11) is 0. The van der Waals surface area contributed by atoms with E-state index in [9.17, 15) is 4.79 Å². The van der Waals surface area contributed by atoms with Crippen molar-refractivity contribution in [2.24, 2.45) is 10.7 Å². The third kappa shape index (κ3) is 26.7. The van der Waals surface area contributed by atoms with Crippen molar-refractivity contribution in [2.75, 3.05) is 24.7 Å². The molecule has 0 aliphatic rings. The molecule has 1 rings (SSSR count). The Labute approximate surface area is 276 Å². The highest BCUT2D eigenvalue weighted by molar-refractivity contribution is 7.99. The van der Waals surface area contributed by atoms with Crippen molar-refractivity contribution in [2.45, 2.75) is 168 Å². The normalized spacial score (nSPS) is 11.6. The summed E-state index contributed by atoms with van der Waals surface area (Å²) >= 11 is 1.78. The molecule has 0 aliphatic heterocycles. The minimum Gasteiger partial charge on any atom is -0.494 e. The van der Waals surface area contributed by atoms with Crippen LogP contribution in [0.3, 0.4) is 0 Å². The van der Waals surface area contributed by atoms with Gasteiger partial charge in [0.2, 0.25) is 0 Å². The number of ether oxygens (including phenoxy) is 2. The fraction of sp³-hybridized carbons (Fsp3) is 0.789. The van der Waals surface area contributed by atoms with E-state index in [0.29, 0.717) is 18.9 Å². The number of hydrogen-bond acceptors (Lipinski definition) is 5. The van der Waals surface area contributed by atoms with Gasteiger partial charge in [-0.2, -0.15) is 11.8 Å². The van der Waals surface area contributed by atoms with E-state index in [0.717, 1.165) is 55.2 Å². The third-order valence-corrected chi connectivity index (χ3v) is 9.13. The van der Waals surface area contributed by atoms with Crippen molar-refractivity contribution < 1.29 is 14.3 Å². The molecule has 1 aromatic rings. The lowest BCUT2D eigenvalue weighted by Gasteiger charge is -2.07. The van der Waals surface area contributed by atoms with Crippen molar-refractivity contribution in [3.8, 4) is 5.75 Å². The quantitative estimate of drug-likeness (QED) is 0.0370. The van der Waals surface area contributed by atoms with Crippen LogP contribution in [-0.2, 0) is 9.53 Å². The van der Waals surface area contributed by atoms with Gasteiger partial charge in [0.15, 0.2) is 0 Å². The number of aliphatic imine (C=N–C) groups is 1. The number of benzene rings is 1. The number of carbonyl (C=O) groups excluding carboxylic acids is 1. The molecule has 0 aliphatic carbocycles. The average molecular weight is 633 g/mol. The fourth-order valence-corrected chi connectivity index (χ4v) is 6.12. The average Bonchev–Trinajstić information content (AvgIpc) is 3.03. The topological polar surface area (TPSA) is 73.9 Å². The van der Waals surface area contributed by atoms with Crippen LogP contribution in [0.4, 0.5) is 5.69 Å². The molecule has 44 heavy (non-hydrogen) atoms. The molecule has 0 unspecified atom stereocenters. The molecular weight excluding hydrogens is 564 g/mol. The number of thioether (sulfide) groups is 1. The van der Waals surface area contributed by atoms with E-state index in [-0.39, 0.29) is 5.97 Å². The second-order valence-corrected chi connectivity index (χ2v) is 13.6. The lowest BCUT2D eigenvalue weighted by molar-refractivity contribution is -0.143. The van der Waals surface area contributed by atoms with Gasteiger partial charge in [0, 0.05) is 12.2 Å². The van der Waals surface area contributed by atoms with Crippen LogP contribution >= 0.6 is 11.8 Å². The van der Waals surface area contributed by atoms with Crippen molar-refractivity contribution in [1.29, 1.82) is 0 Å². The smallest absolute Gasteiger partial charge is 0.306 e. The van der Waals surface area contributed by atoms with Crippen LogP contribution in [0.1, 0.15) is 168 Å². The molecule has 0 heterocycles. The highest BCUT2D eigenvalue weighted by atomic mass is 32.2. The van der Waals surface area contributed by atoms with Crippen molar-refractivity contribution in [1.82, 2.24) is 0 Å². The van der Waals surface area contributed by atoms with Crippen LogP contribution in [0.25, 0.3) is 0 Å². The van der Waals surface area contributed by atoms with Crippen molar-refractivity contribution in [3.05, 3.63) is 24.3 Å². The van der Waals surface area contributed by atoms with Crippen LogP contribution < -0.4 is 10.5 Å². The Kier molecular flexibility index (Phi) is 28.7. The molecule has 1 aromatic carbocycles. The summed E-state index contributed by atoms with van der Waals surface area (Å²) in [5, 5.41) is 0. The second-order valence-electron chi connectivity index (χ2n) is 12.3. The van der Waals surface area contributed by atoms with E-state index in [4.69, 9.17) is 15.2 Å². The summed E-state index contributed by atoms with van der Waals surface area (Å²) in [4.78, 5) is 16.5. The van der Waals surface area contributed by atoms with Gasteiger partial charge in [-0.15, -0.1) is 0 Å². The Morgan fingerprint density at radius 2 is 1.09 bits per heavy atom. The molecule has 0 saturated heterocycles. The van der Waals surface area contributed by atoms with Gasteiger partial charge in [-0.3, -0.25) is 4.79 Å². The summed E-state index contributed by atoms with van der Waals surface area (Å²) in [5.74, 6) is 3.24. The van der Waals surface area contributed by atoms with E-state index in [1.165, 1.54) is 122 Å². The lowest BCUT2D eigenvalue weighted by Crippen LogP contribution is -2.11. The summed E-state index contributed by atoms with van der Waals surface area (Å²) < 4.78 is 11.3. The number of amidine groups is 1. The molecule has 0 spiro atoms. The molecule has 5 nitrogen and oxygen atoms in total. The number of rotatable bonds is 32. The minimum absolute atomic E-state index is 0.0666. The zero-order valence-electron chi connectivity index (χ0n) is 28.8. The summed E-state index contributed by atoms with van der Waals surface area (Å²) in [6, 6.07) is 7.88. The Hall–Kier alpha value is -1.69. The van der Waals surface area contributed by atoms with Gasteiger partial charge in [0.1, 0.15) is 5.75 Å². The summed E-state index contributed by atoms with van der Waals surface area (Å²) in [6.07, 6.45) is 29.9. The van der Waals surface area contributed by atoms with Crippen LogP contribution in [-0.4, -0.2) is 36.5 Å². The van der Waals surface area contributed by atoms with Gasteiger partial charge in [-0.25, -0.2) is 4.99 Å². The van der Waals surface area contributed by atoms with E-state index in [1.807, 2.05) is 24.3 Å². The molecule has 0 radical (unpaired) electrons. The van der Waals surface area contributed by atoms with Crippen molar-refractivity contribution >= 4 is 29.3 Å². The molecule has 0 bridgehead atoms. The molecule has 0 atom stereocenters. The predicted octanol–water partition coefficient (Wildman–Crippen LogP) is 11.7. The van der Waals surface area contributed by atoms with Gasteiger partial charge in [-0.05, 0) is 49.3 Å². The highest BCUT2D eigenvalue weighted by Crippen LogP contribution is 2.19. The monoisotopic (exact) mass is 632 g/mol. The first-order chi connectivity index (χ1) is 21.7. The first-order valence-electron chi connectivity index (χ1n) is 18.4. The first kappa shape index (κ1) is 40.3. The largest absolute Gasteiger partial charge is 0.494 e. The molecule has 254 valence electrons. The van der Waals surface area contributed by atoms with Gasteiger partial charge in [-0.1, -0.05) is 136 Å². The number of nitrogens with zero attached hydrogens (tertiary/aromatic N) is 1. The Balaban J connectivity index is 1.91. The van der Waals surface area contributed by atoms with Gasteiger partial charge < -0.3 is 15.2 Å². The van der Waals surface area contributed by atoms with Gasteiger partial charge in [0.25, 0.3) is 0 Å². The zero-order valence-corrected chi connectivity index (χ0v) is 29.6. The molecule has 6 heteroatoms. The van der Waals surface area contributed by atoms with Crippen LogP contribution in [0.2, 0.25) is 0 Å². The maximum atomic E-state index is 12.0. The Bertz CT molecular complexity index is 800. The van der Waals surface area contributed by atoms with Crippen molar-refractivity contribution in [3.63, 3.8) is 0 Å². The highest BCUT2D eigenvalue weighted by Gasteiger charge is 2.04. The molecule has 0 amide bonds. The molecule has 0 fully saturated rings. The maximum Gasteiger partial charge on any atom is 0.306 e. The summed E-state index contributed by atoms with van der Waals surface area (Å²) in [5.41, 5.74) is 7.01. The van der Waals surface area contributed by atoms with E-state index in [2.05, 4.69) is 18.8 Å². The van der Waals surface area contributed by atoms with Crippen LogP contribution in [0, 0.1) is 0 Å². The Morgan fingerprint density at radius 3 is 1.61 bits per heavy atom. The van der Waals surface area contributed by atoms with Gasteiger partial charge in [0.05, 0.1) is 31.2 Å². The maximum absolute atomic E-state index is 12.0.